The molecule has 26 heavy (non-hydrogen) atoms. The highest BCUT2D eigenvalue weighted by molar-refractivity contribution is 6.33. The number of nitrogens with one attached hydrogen (secondary N) is 1. The second-order valence-corrected chi connectivity index (χ2v) is 7.26. The van der Waals surface area contributed by atoms with Gasteiger partial charge in [0.05, 0.1) is 10.7 Å². The average Bonchev–Trinajstić information content (AvgIpc) is 2.62. The molecule has 1 aliphatic rings. The van der Waals surface area contributed by atoms with E-state index in [0.29, 0.717) is 19.6 Å². The van der Waals surface area contributed by atoms with Crippen molar-refractivity contribution in [2.24, 2.45) is 0 Å². The Morgan fingerprint density at radius 1 is 1.08 bits per heavy atom. The molecule has 0 unspecified atom stereocenters. The van der Waals surface area contributed by atoms with E-state index in [1.165, 1.54) is 16.7 Å². The minimum absolute atomic E-state index is 0.0207. The SMILES string of the molecule is Cc1cc(C)c(N2CCN(C(=O)NCCc3ccccc3)CC2)c(Cl)c1. The Bertz CT molecular complexity index is 732. The highest BCUT2D eigenvalue weighted by atomic mass is 35.5. The monoisotopic (exact) mass is 371 g/mol. The van der Waals surface area contributed by atoms with Crippen LogP contribution in [0.4, 0.5) is 10.5 Å². The molecule has 1 aliphatic heterocycles. The van der Waals surface area contributed by atoms with Crippen LogP contribution >= 0.6 is 11.6 Å². The summed E-state index contributed by atoms with van der Waals surface area (Å²) in [6, 6.07) is 14.4. The molecule has 0 atom stereocenters. The fourth-order valence-corrected chi connectivity index (χ4v) is 3.95. The van der Waals surface area contributed by atoms with E-state index in [9.17, 15) is 4.79 Å². The smallest absolute Gasteiger partial charge is 0.317 e. The van der Waals surface area contributed by atoms with E-state index >= 15 is 0 Å². The van der Waals surface area contributed by atoms with Gasteiger partial charge in [0, 0.05) is 32.7 Å². The number of benzene rings is 2. The van der Waals surface area contributed by atoms with Crippen molar-refractivity contribution in [1.29, 1.82) is 0 Å². The first kappa shape index (κ1) is 18.6. The maximum atomic E-state index is 12.4. The fraction of sp³-hybridized carbons (Fsp3) is 0.381. The minimum atomic E-state index is 0.0207. The normalized spacial score (nSPS) is 14.4. The van der Waals surface area contributed by atoms with Gasteiger partial charge in [-0.05, 0) is 43.0 Å². The zero-order valence-electron chi connectivity index (χ0n) is 15.5. The van der Waals surface area contributed by atoms with Crippen molar-refractivity contribution in [2.75, 3.05) is 37.6 Å². The molecule has 0 spiro atoms. The topological polar surface area (TPSA) is 35.6 Å². The van der Waals surface area contributed by atoms with Gasteiger partial charge in [0.15, 0.2) is 0 Å². The number of hydrogen-bond acceptors (Lipinski definition) is 2. The Balaban J connectivity index is 1.50. The number of nitrogens with zero attached hydrogens (tertiary/aromatic N) is 2. The Morgan fingerprint density at radius 3 is 2.42 bits per heavy atom. The summed E-state index contributed by atoms with van der Waals surface area (Å²) >= 11 is 6.46. The van der Waals surface area contributed by atoms with Crippen LogP contribution in [-0.2, 0) is 6.42 Å². The molecule has 2 aromatic rings. The van der Waals surface area contributed by atoms with E-state index in [1.807, 2.05) is 29.2 Å². The van der Waals surface area contributed by atoms with Gasteiger partial charge >= 0.3 is 6.03 Å². The summed E-state index contributed by atoms with van der Waals surface area (Å²) in [6.07, 6.45) is 0.852. The molecule has 1 fully saturated rings. The molecule has 4 nitrogen and oxygen atoms in total. The highest BCUT2D eigenvalue weighted by Crippen LogP contribution is 2.31. The summed E-state index contributed by atoms with van der Waals surface area (Å²) in [5, 5.41) is 3.82. The van der Waals surface area contributed by atoms with Gasteiger partial charge in [-0.25, -0.2) is 4.79 Å². The van der Waals surface area contributed by atoms with Crippen LogP contribution in [-0.4, -0.2) is 43.7 Å². The summed E-state index contributed by atoms with van der Waals surface area (Å²) in [4.78, 5) is 16.6. The van der Waals surface area contributed by atoms with Crippen LogP contribution in [0.5, 0.6) is 0 Å². The molecule has 2 amide bonds. The molecule has 0 aromatic heterocycles. The van der Waals surface area contributed by atoms with Crippen molar-refractivity contribution in [1.82, 2.24) is 10.2 Å². The van der Waals surface area contributed by atoms with Gasteiger partial charge in [-0.15, -0.1) is 0 Å². The lowest BCUT2D eigenvalue weighted by Gasteiger charge is -2.37. The van der Waals surface area contributed by atoms with Crippen LogP contribution in [0, 0.1) is 13.8 Å². The van der Waals surface area contributed by atoms with E-state index in [0.717, 1.165) is 30.2 Å². The van der Waals surface area contributed by atoms with Gasteiger partial charge in [0.25, 0.3) is 0 Å². The molecule has 0 bridgehead atoms. The zero-order chi connectivity index (χ0) is 18.5. The molecule has 1 heterocycles. The van der Waals surface area contributed by atoms with Gasteiger partial charge in [0.1, 0.15) is 0 Å². The Kier molecular flexibility index (Phi) is 6.04. The summed E-state index contributed by atoms with van der Waals surface area (Å²) in [6.45, 7) is 7.83. The zero-order valence-corrected chi connectivity index (χ0v) is 16.2. The molecule has 5 heteroatoms. The van der Waals surface area contributed by atoms with E-state index in [1.54, 1.807) is 0 Å². The second kappa shape index (κ2) is 8.45. The van der Waals surface area contributed by atoms with Gasteiger partial charge in [-0.3, -0.25) is 0 Å². The van der Waals surface area contributed by atoms with Crippen LogP contribution in [0.3, 0.4) is 0 Å². The average molecular weight is 372 g/mol. The quantitative estimate of drug-likeness (QED) is 0.880. The summed E-state index contributed by atoms with van der Waals surface area (Å²) in [5.74, 6) is 0. The van der Waals surface area contributed by atoms with Gasteiger partial charge in [0.2, 0.25) is 0 Å². The summed E-state index contributed by atoms with van der Waals surface area (Å²) < 4.78 is 0. The maximum Gasteiger partial charge on any atom is 0.317 e. The number of halogens is 1. The van der Waals surface area contributed by atoms with Crippen LogP contribution in [0.1, 0.15) is 16.7 Å². The fourth-order valence-electron chi connectivity index (χ4n) is 3.51. The van der Waals surface area contributed by atoms with Crippen molar-refractivity contribution in [2.45, 2.75) is 20.3 Å². The number of amides is 2. The number of carbonyl (C=O) groups is 1. The van der Waals surface area contributed by atoms with Crippen LogP contribution in [0.25, 0.3) is 0 Å². The van der Waals surface area contributed by atoms with Gasteiger partial charge < -0.3 is 15.1 Å². The van der Waals surface area contributed by atoms with Crippen LogP contribution in [0.15, 0.2) is 42.5 Å². The molecule has 2 aromatic carbocycles. The number of piperazine rings is 1. The minimum Gasteiger partial charge on any atom is -0.367 e. The molecule has 1 saturated heterocycles. The first-order valence-electron chi connectivity index (χ1n) is 9.13. The molecule has 138 valence electrons. The van der Waals surface area contributed by atoms with Crippen LogP contribution < -0.4 is 10.2 Å². The van der Waals surface area contributed by atoms with E-state index < -0.39 is 0 Å². The van der Waals surface area contributed by atoms with Crippen molar-refractivity contribution in [3.8, 4) is 0 Å². The lowest BCUT2D eigenvalue weighted by Crippen LogP contribution is -2.52. The summed E-state index contributed by atoms with van der Waals surface area (Å²) in [7, 11) is 0. The number of carbonyl (C=O) groups excluding carboxylic acids is 1. The van der Waals surface area contributed by atoms with E-state index in [2.05, 4.69) is 42.3 Å². The number of urea groups is 1. The highest BCUT2D eigenvalue weighted by Gasteiger charge is 2.23. The number of rotatable bonds is 4. The Morgan fingerprint density at radius 2 is 1.77 bits per heavy atom. The molecule has 0 radical (unpaired) electrons. The van der Waals surface area contributed by atoms with Crippen molar-refractivity contribution >= 4 is 23.3 Å². The predicted octanol–water partition coefficient (Wildman–Crippen LogP) is 4.03. The Hall–Kier alpha value is -2.20. The molecule has 0 aliphatic carbocycles. The van der Waals surface area contributed by atoms with Gasteiger partial charge in [-0.1, -0.05) is 48.0 Å². The molecule has 3 rings (SSSR count). The first-order valence-corrected chi connectivity index (χ1v) is 9.51. The second-order valence-electron chi connectivity index (χ2n) is 6.85. The van der Waals surface area contributed by atoms with Crippen molar-refractivity contribution in [3.05, 3.63) is 64.2 Å². The molecule has 1 N–H and O–H groups in total. The molecule has 0 saturated carbocycles. The number of hydrogen-bond donors (Lipinski definition) is 1. The lowest BCUT2D eigenvalue weighted by molar-refractivity contribution is 0.194. The third-order valence-corrected chi connectivity index (χ3v) is 5.10. The first-order chi connectivity index (χ1) is 12.5. The van der Waals surface area contributed by atoms with E-state index in [-0.39, 0.29) is 6.03 Å². The molecular weight excluding hydrogens is 346 g/mol. The third-order valence-electron chi connectivity index (χ3n) is 4.81. The molecular formula is C21H26ClN3O. The van der Waals surface area contributed by atoms with Crippen molar-refractivity contribution < 1.29 is 4.79 Å². The maximum absolute atomic E-state index is 12.4. The van der Waals surface area contributed by atoms with Crippen molar-refractivity contribution in [3.63, 3.8) is 0 Å². The van der Waals surface area contributed by atoms with E-state index in [4.69, 9.17) is 11.6 Å². The predicted molar refractivity (Wildman–Crippen MR) is 108 cm³/mol. The largest absolute Gasteiger partial charge is 0.367 e. The van der Waals surface area contributed by atoms with Crippen LogP contribution in [0.2, 0.25) is 5.02 Å². The third kappa shape index (κ3) is 4.50. The number of aryl methyl sites for hydroxylation is 2. The standard InChI is InChI=1S/C21H26ClN3O/c1-16-14-17(2)20(19(22)15-16)24-10-12-25(13-11-24)21(26)23-9-8-18-6-4-3-5-7-18/h3-7,14-15H,8-13H2,1-2H3,(H,23,26). The van der Waals surface area contributed by atoms with Gasteiger partial charge in [-0.2, -0.15) is 0 Å². The number of anilines is 1. The Labute approximate surface area is 160 Å². The lowest BCUT2D eigenvalue weighted by atomic mass is 10.1. The summed E-state index contributed by atoms with van der Waals surface area (Å²) in [5.41, 5.74) is 4.70.